The van der Waals surface area contributed by atoms with E-state index in [2.05, 4.69) is 6.92 Å². The van der Waals surface area contributed by atoms with E-state index in [9.17, 15) is 4.79 Å². The number of ketones is 1. The van der Waals surface area contributed by atoms with Crippen LogP contribution in [-0.4, -0.2) is 11.2 Å². The molecule has 20 heavy (non-hydrogen) atoms. The molecule has 0 amide bonds. The fourth-order valence-electron chi connectivity index (χ4n) is 2.18. The Kier molecular flexibility index (Phi) is 4.80. The highest BCUT2D eigenvalue weighted by Crippen LogP contribution is 2.15. The maximum absolute atomic E-state index is 12.2. The Hall–Kier alpha value is -1.80. The molecule has 0 radical (unpaired) electrons. The lowest BCUT2D eigenvalue weighted by atomic mass is 9.98. The van der Waals surface area contributed by atoms with Crippen LogP contribution in [0.1, 0.15) is 39.0 Å². The van der Waals surface area contributed by atoms with Crippen LogP contribution in [0, 0.1) is 13.8 Å². The quantitative estimate of drug-likeness (QED) is 0.594. The van der Waals surface area contributed by atoms with Crippen LogP contribution in [0.3, 0.4) is 0 Å². The minimum atomic E-state index is 0.187. The van der Waals surface area contributed by atoms with Gasteiger partial charge in [-0.15, -0.1) is 0 Å². The first-order valence-electron chi connectivity index (χ1n) is 6.75. The van der Waals surface area contributed by atoms with Crippen molar-refractivity contribution in [2.75, 3.05) is 0 Å². The Bertz CT molecular complexity index is 644. The van der Waals surface area contributed by atoms with Crippen molar-refractivity contribution in [3.05, 3.63) is 70.3 Å². The van der Waals surface area contributed by atoms with Gasteiger partial charge in [-0.3, -0.25) is 4.79 Å². The average Bonchev–Trinajstić information content (AvgIpc) is 2.47. The predicted molar refractivity (Wildman–Crippen MR) is 87.8 cm³/mol. The molecule has 0 aliphatic rings. The van der Waals surface area contributed by atoms with Crippen LogP contribution in [0.15, 0.2) is 42.5 Å². The van der Waals surface area contributed by atoms with Crippen molar-refractivity contribution in [1.29, 1.82) is 0 Å². The van der Waals surface area contributed by atoms with Crippen LogP contribution < -0.4 is 0 Å². The first kappa shape index (κ1) is 14.6. The summed E-state index contributed by atoms with van der Waals surface area (Å²) in [5.41, 5.74) is 5.35. The van der Waals surface area contributed by atoms with E-state index in [1.807, 2.05) is 49.4 Å². The summed E-state index contributed by atoms with van der Waals surface area (Å²) in [6, 6.07) is 13.9. The second-order valence-electron chi connectivity index (χ2n) is 5.04. The maximum Gasteiger partial charge on any atom is 0.163 e. The molecule has 0 heterocycles. The monoisotopic (exact) mass is 282 g/mol. The number of thiocarbonyl (C=S) groups is 1. The van der Waals surface area contributed by atoms with Crippen LogP contribution in [0.25, 0.3) is 0 Å². The Morgan fingerprint density at radius 2 is 1.85 bits per heavy atom. The zero-order valence-corrected chi connectivity index (χ0v) is 12.7. The molecule has 1 nitrogen and oxygen atoms in total. The molecule has 102 valence electrons. The highest BCUT2D eigenvalue weighted by molar-refractivity contribution is 7.79. The van der Waals surface area contributed by atoms with Gasteiger partial charge in [0.05, 0.1) is 0 Å². The van der Waals surface area contributed by atoms with Crippen LogP contribution in [0.5, 0.6) is 0 Å². The van der Waals surface area contributed by atoms with Gasteiger partial charge in [-0.05, 0) is 48.6 Å². The second-order valence-corrected chi connectivity index (χ2v) is 5.27. The average molecular weight is 282 g/mol. The van der Waals surface area contributed by atoms with Crippen LogP contribution in [0.4, 0.5) is 0 Å². The topological polar surface area (TPSA) is 17.1 Å². The van der Waals surface area contributed by atoms with Gasteiger partial charge in [-0.2, -0.15) is 0 Å². The Labute approximate surface area is 125 Å². The zero-order chi connectivity index (χ0) is 14.5. The lowest BCUT2D eigenvalue weighted by Crippen LogP contribution is -2.03. The van der Waals surface area contributed by atoms with Gasteiger partial charge in [0.15, 0.2) is 5.78 Å². The minimum absolute atomic E-state index is 0.187. The van der Waals surface area contributed by atoms with Crippen LogP contribution in [0.2, 0.25) is 0 Å². The summed E-state index contributed by atoms with van der Waals surface area (Å²) in [4.78, 5) is 12.2. The molecule has 0 N–H and O–H groups in total. The van der Waals surface area contributed by atoms with Crippen LogP contribution >= 0.6 is 12.2 Å². The summed E-state index contributed by atoms with van der Waals surface area (Å²) < 4.78 is 0. The summed E-state index contributed by atoms with van der Waals surface area (Å²) in [6.07, 6.45) is 1.25. The highest BCUT2D eigenvalue weighted by Gasteiger charge is 2.08. The molecule has 0 atom stereocenters. The summed E-state index contributed by atoms with van der Waals surface area (Å²) in [5.74, 6) is 0.187. The normalized spacial score (nSPS) is 10.3. The third-order valence-electron chi connectivity index (χ3n) is 3.63. The van der Waals surface area contributed by atoms with Crippen molar-refractivity contribution in [2.45, 2.75) is 26.7 Å². The molecule has 0 fully saturated rings. The van der Waals surface area contributed by atoms with Crippen molar-refractivity contribution in [2.24, 2.45) is 0 Å². The molecule has 0 bridgehead atoms. The second kappa shape index (κ2) is 6.58. The fraction of sp³-hybridized carbons (Fsp3) is 0.222. The van der Waals surface area contributed by atoms with Gasteiger partial charge >= 0.3 is 0 Å². The molecule has 2 rings (SSSR count). The van der Waals surface area contributed by atoms with Crippen molar-refractivity contribution in [1.82, 2.24) is 0 Å². The number of hydrogen-bond acceptors (Lipinski definition) is 2. The zero-order valence-electron chi connectivity index (χ0n) is 11.8. The SMILES string of the molecule is Cc1ccc(C(=O)CCc2ccccc2C=S)cc1C. The maximum atomic E-state index is 12.2. The smallest absolute Gasteiger partial charge is 0.163 e. The summed E-state index contributed by atoms with van der Waals surface area (Å²) >= 11 is 5.00. The molecular formula is C18H18OS. The van der Waals surface area contributed by atoms with Gasteiger partial charge in [0, 0.05) is 17.4 Å². The van der Waals surface area contributed by atoms with Gasteiger partial charge in [0.2, 0.25) is 0 Å². The van der Waals surface area contributed by atoms with Gasteiger partial charge in [0.1, 0.15) is 0 Å². The molecule has 2 aromatic carbocycles. The lowest BCUT2D eigenvalue weighted by Gasteiger charge is -2.06. The third kappa shape index (κ3) is 3.40. The molecule has 0 aromatic heterocycles. The van der Waals surface area contributed by atoms with E-state index in [0.717, 1.165) is 28.7 Å². The standard InChI is InChI=1S/C18H18OS/c1-13-7-8-16(11-14(13)2)18(19)10-9-15-5-3-4-6-17(15)12-20/h3-8,11-12H,9-10H2,1-2H3. The first-order chi connectivity index (χ1) is 9.61. The van der Waals surface area contributed by atoms with E-state index < -0.39 is 0 Å². The fourth-order valence-corrected chi connectivity index (χ4v) is 2.41. The van der Waals surface area contributed by atoms with Crippen LogP contribution in [-0.2, 0) is 6.42 Å². The third-order valence-corrected chi connectivity index (χ3v) is 3.89. The highest BCUT2D eigenvalue weighted by atomic mass is 32.1. The summed E-state index contributed by atoms with van der Waals surface area (Å²) in [5, 5.41) is 1.68. The summed E-state index contributed by atoms with van der Waals surface area (Å²) in [7, 11) is 0. The van der Waals surface area contributed by atoms with E-state index in [-0.39, 0.29) is 5.78 Å². The molecule has 0 saturated carbocycles. The van der Waals surface area contributed by atoms with Crippen molar-refractivity contribution in [3.8, 4) is 0 Å². The van der Waals surface area contributed by atoms with E-state index in [4.69, 9.17) is 12.2 Å². The Balaban J connectivity index is 2.08. The van der Waals surface area contributed by atoms with E-state index in [1.54, 1.807) is 5.37 Å². The Morgan fingerprint density at radius 1 is 1.10 bits per heavy atom. The van der Waals surface area contributed by atoms with E-state index in [0.29, 0.717) is 6.42 Å². The van der Waals surface area contributed by atoms with E-state index >= 15 is 0 Å². The number of benzene rings is 2. The number of Topliss-reactive ketones (excluding diaryl/α,β-unsaturated/α-hetero) is 1. The lowest BCUT2D eigenvalue weighted by molar-refractivity contribution is 0.0983. The first-order valence-corrected chi connectivity index (χ1v) is 7.22. The molecule has 0 saturated heterocycles. The number of aryl methyl sites for hydroxylation is 3. The molecule has 0 unspecified atom stereocenters. The molecular weight excluding hydrogens is 264 g/mol. The Morgan fingerprint density at radius 3 is 2.55 bits per heavy atom. The summed E-state index contributed by atoms with van der Waals surface area (Å²) in [6.45, 7) is 4.09. The van der Waals surface area contributed by atoms with Gasteiger partial charge < -0.3 is 0 Å². The van der Waals surface area contributed by atoms with Gasteiger partial charge in [-0.25, -0.2) is 0 Å². The van der Waals surface area contributed by atoms with Crippen molar-refractivity contribution >= 4 is 23.4 Å². The number of hydrogen-bond donors (Lipinski definition) is 0. The largest absolute Gasteiger partial charge is 0.294 e. The molecule has 0 aliphatic carbocycles. The molecule has 2 aromatic rings. The minimum Gasteiger partial charge on any atom is -0.294 e. The van der Waals surface area contributed by atoms with Crippen molar-refractivity contribution < 1.29 is 4.79 Å². The van der Waals surface area contributed by atoms with E-state index in [1.165, 1.54) is 5.56 Å². The number of carbonyl (C=O) groups excluding carboxylic acids is 1. The predicted octanol–water partition coefficient (Wildman–Crippen LogP) is 4.47. The van der Waals surface area contributed by atoms with Gasteiger partial charge in [-0.1, -0.05) is 48.6 Å². The number of carbonyl (C=O) groups is 1. The molecule has 2 heteroatoms. The molecule has 0 aliphatic heterocycles. The molecule has 0 spiro atoms. The van der Waals surface area contributed by atoms with Crippen molar-refractivity contribution in [3.63, 3.8) is 0 Å². The number of rotatable bonds is 5. The van der Waals surface area contributed by atoms with Gasteiger partial charge in [0.25, 0.3) is 0 Å².